The first-order valence-corrected chi connectivity index (χ1v) is 10.4. The molecule has 6 nitrogen and oxygen atoms in total. The fourth-order valence-electron chi connectivity index (χ4n) is 4.29. The number of nitrogens with one attached hydrogen (secondary N) is 1. The molecule has 0 aromatic heterocycles. The van der Waals surface area contributed by atoms with Crippen LogP contribution in [0.3, 0.4) is 0 Å². The van der Waals surface area contributed by atoms with Gasteiger partial charge in [0.15, 0.2) is 5.78 Å². The zero-order chi connectivity index (χ0) is 21.2. The molecule has 158 valence electrons. The second kappa shape index (κ2) is 8.84. The number of halogens is 1. The van der Waals surface area contributed by atoms with Crippen LogP contribution in [0.15, 0.2) is 24.3 Å². The number of nitrogens with zero attached hydrogens (tertiary/aromatic N) is 1. The third-order valence-electron chi connectivity index (χ3n) is 6.26. The van der Waals surface area contributed by atoms with Gasteiger partial charge in [-0.25, -0.2) is 4.39 Å². The van der Waals surface area contributed by atoms with Crippen molar-refractivity contribution in [1.29, 1.82) is 0 Å². The molecule has 0 unspecified atom stereocenters. The first-order valence-electron chi connectivity index (χ1n) is 10.4. The van der Waals surface area contributed by atoms with E-state index < -0.39 is 18.5 Å². The average molecular weight is 404 g/mol. The van der Waals surface area contributed by atoms with E-state index in [2.05, 4.69) is 5.32 Å². The van der Waals surface area contributed by atoms with Gasteiger partial charge in [-0.1, -0.05) is 20.3 Å². The van der Waals surface area contributed by atoms with Crippen molar-refractivity contribution < 1.29 is 24.0 Å². The van der Waals surface area contributed by atoms with Crippen molar-refractivity contribution in [2.75, 3.05) is 11.4 Å². The van der Waals surface area contributed by atoms with Crippen molar-refractivity contribution in [3.8, 4) is 0 Å². The lowest BCUT2D eigenvalue weighted by atomic mass is 9.63. The maximum atomic E-state index is 13.2. The minimum atomic E-state index is -1.63. The molecule has 3 N–H and O–H groups in total. The number of benzene rings is 1. The van der Waals surface area contributed by atoms with E-state index in [-0.39, 0.29) is 35.9 Å². The Kier molecular flexibility index (Phi) is 6.63. The Morgan fingerprint density at radius 2 is 1.93 bits per heavy atom. The molecule has 1 amide bonds. The monoisotopic (exact) mass is 404 g/mol. The molecular weight excluding hydrogens is 374 g/mol. The summed E-state index contributed by atoms with van der Waals surface area (Å²) in [7, 11) is -1.63. The summed E-state index contributed by atoms with van der Waals surface area (Å²) in [4.78, 5) is 27.9. The Morgan fingerprint density at radius 3 is 2.38 bits per heavy atom. The highest BCUT2D eigenvalue weighted by Crippen LogP contribution is 2.45. The highest BCUT2D eigenvalue weighted by atomic mass is 19.1. The van der Waals surface area contributed by atoms with Crippen LogP contribution in [0.5, 0.6) is 0 Å². The van der Waals surface area contributed by atoms with Crippen LogP contribution in [0.2, 0.25) is 0 Å². The Hall–Kier alpha value is -1.93. The van der Waals surface area contributed by atoms with Crippen molar-refractivity contribution >= 4 is 24.5 Å². The molecule has 1 aliphatic carbocycles. The molecule has 1 saturated heterocycles. The summed E-state index contributed by atoms with van der Waals surface area (Å²) in [5.41, 5.74) is 0.0501. The maximum Gasteiger partial charge on any atom is 0.475 e. The van der Waals surface area contributed by atoms with Gasteiger partial charge in [0.2, 0.25) is 5.91 Å². The minimum absolute atomic E-state index is 0.0142. The highest BCUT2D eigenvalue weighted by Gasteiger charge is 2.49. The third kappa shape index (κ3) is 4.81. The van der Waals surface area contributed by atoms with E-state index in [1.54, 1.807) is 12.1 Å². The predicted molar refractivity (Wildman–Crippen MR) is 110 cm³/mol. The van der Waals surface area contributed by atoms with E-state index in [0.29, 0.717) is 19.3 Å². The molecule has 1 aliphatic heterocycles. The van der Waals surface area contributed by atoms with Crippen molar-refractivity contribution in [2.45, 2.75) is 64.4 Å². The van der Waals surface area contributed by atoms with Gasteiger partial charge in [0, 0.05) is 18.7 Å². The van der Waals surface area contributed by atoms with Crippen LogP contribution in [0.1, 0.15) is 52.4 Å². The quantitative estimate of drug-likeness (QED) is 0.549. The molecule has 2 atom stereocenters. The standard InChI is InChI=1S/C21H30BFN2O4/c1-14(2)12-19(22(28)29)24-20(27)21(9-3-10-21)13-18(26)17-8-11-25(17)16-6-4-15(23)5-7-16/h4-7,14,17,19,28-29H,3,8-13H2,1-2H3,(H,24,27)/t17-,19-/m0/s1. The Bertz CT molecular complexity index is 737. The van der Waals surface area contributed by atoms with Crippen LogP contribution in [-0.2, 0) is 9.59 Å². The van der Waals surface area contributed by atoms with Gasteiger partial charge >= 0.3 is 7.12 Å². The van der Waals surface area contributed by atoms with Gasteiger partial charge in [0.25, 0.3) is 0 Å². The van der Waals surface area contributed by atoms with Gasteiger partial charge in [0.05, 0.1) is 17.4 Å². The molecule has 2 fully saturated rings. The zero-order valence-corrected chi connectivity index (χ0v) is 17.1. The van der Waals surface area contributed by atoms with E-state index in [9.17, 15) is 24.0 Å². The normalized spacial score (nSPS) is 21.2. The molecule has 1 aromatic rings. The highest BCUT2D eigenvalue weighted by molar-refractivity contribution is 6.43. The number of ketones is 1. The lowest BCUT2D eigenvalue weighted by Crippen LogP contribution is -2.58. The Labute approximate surface area is 171 Å². The van der Waals surface area contributed by atoms with Gasteiger partial charge in [-0.2, -0.15) is 0 Å². The number of Topliss-reactive ketones (excluding diaryl/α,β-unsaturated/α-hetero) is 1. The Balaban J connectivity index is 1.64. The zero-order valence-electron chi connectivity index (χ0n) is 17.1. The van der Waals surface area contributed by atoms with E-state index >= 15 is 0 Å². The second-order valence-corrected chi connectivity index (χ2v) is 8.87. The summed E-state index contributed by atoms with van der Waals surface area (Å²) in [5.74, 6) is -1.11. The van der Waals surface area contributed by atoms with E-state index in [0.717, 1.165) is 25.1 Å². The summed E-state index contributed by atoms with van der Waals surface area (Å²) < 4.78 is 13.2. The van der Waals surface area contributed by atoms with Crippen LogP contribution in [-0.4, -0.2) is 47.4 Å². The molecule has 3 rings (SSSR count). The molecule has 8 heteroatoms. The van der Waals surface area contributed by atoms with Gasteiger partial charge in [-0.15, -0.1) is 0 Å². The lowest BCUT2D eigenvalue weighted by molar-refractivity contribution is -0.142. The largest absolute Gasteiger partial charge is 0.475 e. The number of carbonyl (C=O) groups is 2. The number of hydrogen-bond acceptors (Lipinski definition) is 5. The molecule has 2 aliphatic rings. The second-order valence-electron chi connectivity index (χ2n) is 8.87. The van der Waals surface area contributed by atoms with Crippen molar-refractivity contribution in [3.63, 3.8) is 0 Å². The number of hydrogen-bond donors (Lipinski definition) is 3. The van der Waals surface area contributed by atoms with Crippen molar-refractivity contribution in [1.82, 2.24) is 5.32 Å². The maximum absolute atomic E-state index is 13.2. The SMILES string of the molecule is CC(C)C[C@H](NC(=O)C1(CC(=O)[C@@H]2CCN2c2ccc(F)cc2)CCC1)B(O)O. The Morgan fingerprint density at radius 1 is 1.28 bits per heavy atom. The van der Waals surface area contributed by atoms with Gasteiger partial charge < -0.3 is 20.3 Å². The van der Waals surface area contributed by atoms with Crippen molar-refractivity contribution in [2.24, 2.45) is 11.3 Å². The number of rotatable bonds is 9. The number of anilines is 1. The van der Waals surface area contributed by atoms with E-state index in [1.807, 2.05) is 18.7 Å². The molecule has 1 aromatic carbocycles. The fraction of sp³-hybridized carbons (Fsp3) is 0.619. The van der Waals surface area contributed by atoms with Crippen molar-refractivity contribution in [3.05, 3.63) is 30.1 Å². The van der Waals surface area contributed by atoms with Crippen LogP contribution in [0.4, 0.5) is 10.1 Å². The summed E-state index contributed by atoms with van der Waals surface area (Å²) in [6, 6.07) is 5.80. The topological polar surface area (TPSA) is 89.9 Å². The average Bonchev–Trinajstić information content (AvgIpc) is 2.57. The van der Waals surface area contributed by atoms with Gasteiger partial charge in [-0.05, 0) is 55.9 Å². The number of amides is 1. The lowest BCUT2D eigenvalue weighted by Gasteiger charge is -2.46. The molecule has 0 bridgehead atoms. The third-order valence-corrected chi connectivity index (χ3v) is 6.26. The first kappa shape index (κ1) is 21.8. The first-order chi connectivity index (χ1) is 13.7. The van der Waals surface area contributed by atoms with Gasteiger partial charge in [-0.3, -0.25) is 9.59 Å². The predicted octanol–water partition coefficient (Wildman–Crippen LogP) is 2.08. The molecule has 0 radical (unpaired) electrons. The number of carbonyl (C=O) groups excluding carboxylic acids is 2. The molecular formula is C21H30BFN2O4. The molecule has 1 heterocycles. The van der Waals surface area contributed by atoms with Crippen LogP contribution < -0.4 is 10.2 Å². The minimum Gasteiger partial charge on any atom is -0.426 e. The summed E-state index contributed by atoms with van der Waals surface area (Å²) in [6.07, 6.45) is 3.46. The molecule has 29 heavy (non-hydrogen) atoms. The van der Waals surface area contributed by atoms with E-state index in [4.69, 9.17) is 0 Å². The van der Waals surface area contributed by atoms with E-state index in [1.165, 1.54) is 12.1 Å². The summed E-state index contributed by atoms with van der Waals surface area (Å²) in [6.45, 7) is 4.63. The smallest absolute Gasteiger partial charge is 0.426 e. The summed E-state index contributed by atoms with van der Waals surface area (Å²) in [5, 5.41) is 22.0. The van der Waals surface area contributed by atoms with Gasteiger partial charge in [0.1, 0.15) is 5.82 Å². The molecule has 1 saturated carbocycles. The summed E-state index contributed by atoms with van der Waals surface area (Å²) >= 11 is 0. The van der Waals surface area contributed by atoms with Crippen LogP contribution in [0.25, 0.3) is 0 Å². The van der Waals surface area contributed by atoms with Crippen LogP contribution in [0, 0.1) is 17.2 Å². The van der Waals surface area contributed by atoms with Crippen LogP contribution >= 0.6 is 0 Å². The fourth-order valence-corrected chi connectivity index (χ4v) is 4.29. The molecule has 0 spiro atoms.